The Hall–Kier alpha value is -1.68. The number of hydrogen-bond acceptors (Lipinski definition) is 4. The van der Waals surface area contributed by atoms with Gasteiger partial charge in [-0.15, -0.1) is 0 Å². The van der Waals surface area contributed by atoms with Crippen molar-refractivity contribution in [3.05, 3.63) is 48.4 Å². The van der Waals surface area contributed by atoms with E-state index in [0.717, 1.165) is 17.8 Å². The van der Waals surface area contributed by atoms with E-state index in [9.17, 15) is 0 Å². The summed E-state index contributed by atoms with van der Waals surface area (Å²) in [5, 5.41) is 3.35. The minimum absolute atomic E-state index is 0.0803. The van der Waals surface area contributed by atoms with Gasteiger partial charge in [0.05, 0.1) is 24.3 Å². The monoisotopic (exact) mass is 203 g/mol. The van der Waals surface area contributed by atoms with Crippen LogP contribution in [0.5, 0.6) is 0 Å². The molecule has 4 nitrogen and oxygen atoms in total. The highest BCUT2D eigenvalue weighted by Gasteiger charge is 2.14. The first kappa shape index (κ1) is 9.86. The Balaban J connectivity index is 2.28. The van der Waals surface area contributed by atoms with Gasteiger partial charge in [0, 0.05) is 11.8 Å². The molecule has 2 rings (SSSR count). The second-order valence-electron chi connectivity index (χ2n) is 3.18. The molecule has 0 amide bonds. The van der Waals surface area contributed by atoms with Crippen LogP contribution in [0.15, 0.2) is 41.6 Å². The van der Waals surface area contributed by atoms with Crippen molar-refractivity contribution >= 4 is 0 Å². The summed E-state index contributed by atoms with van der Waals surface area (Å²) in [5.41, 5.74) is 2.03. The van der Waals surface area contributed by atoms with Gasteiger partial charge in [0.15, 0.2) is 0 Å². The summed E-state index contributed by atoms with van der Waals surface area (Å²) in [6.07, 6.45) is 6.70. The van der Waals surface area contributed by atoms with Crippen molar-refractivity contribution < 1.29 is 4.42 Å². The number of nitrogens with zero attached hydrogens (tertiary/aromatic N) is 2. The van der Waals surface area contributed by atoms with Gasteiger partial charge >= 0.3 is 0 Å². The number of rotatable bonds is 4. The first-order valence-electron chi connectivity index (χ1n) is 4.93. The first-order valence-corrected chi connectivity index (χ1v) is 4.93. The van der Waals surface area contributed by atoms with Crippen LogP contribution >= 0.6 is 0 Å². The molecule has 0 aliphatic rings. The summed E-state index contributed by atoms with van der Waals surface area (Å²) in [7, 11) is 0. The zero-order valence-electron chi connectivity index (χ0n) is 8.55. The van der Waals surface area contributed by atoms with E-state index in [0.29, 0.717) is 0 Å². The molecule has 0 saturated carbocycles. The van der Waals surface area contributed by atoms with E-state index in [2.05, 4.69) is 22.2 Å². The van der Waals surface area contributed by atoms with Crippen LogP contribution in [0.1, 0.15) is 24.2 Å². The molecule has 2 aromatic heterocycles. The highest BCUT2D eigenvalue weighted by atomic mass is 16.3. The smallest absolute Gasteiger partial charge is 0.115 e. The molecule has 2 aromatic rings. The average molecular weight is 203 g/mol. The van der Waals surface area contributed by atoms with Crippen LogP contribution < -0.4 is 5.32 Å². The van der Waals surface area contributed by atoms with Gasteiger partial charge < -0.3 is 9.73 Å². The number of hydrogen-bond donors (Lipinski definition) is 1. The summed E-state index contributed by atoms with van der Waals surface area (Å²) in [4.78, 5) is 8.15. The van der Waals surface area contributed by atoms with Crippen LogP contribution in [-0.2, 0) is 0 Å². The predicted octanol–water partition coefficient (Wildman–Crippen LogP) is 1.77. The van der Waals surface area contributed by atoms with E-state index in [-0.39, 0.29) is 6.04 Å². The minimum atomic E-state index is 0.0803. The van der Waals surface area contributed by atoms with Gasteiger partial charge in [-0.25, -0.2) is 9.97 Å². The van der Waals surface area contributed by atoms with Crippen LogP contribution in [0.4, 0.5) is 0 Å². The number of furan rings is 1. The van der Waals surface area contributed by atoms with Crippen LogP contribution in [-0.4, -0.2) is 16.5 Å². The number of nitrogens with one attached hydrogen (secondary N) is 1. The largest absolute Gasteiger partial charge is 0.472 e. The Labute approximate surface area is 88.4 Å². The molecule has 0 spiro atoms. The Morgan fingerprint density at radius 2 is 2.40 bits per heavy atom. The third-order valence-corrected chi connectivity index (χ3v) is 2.19. The molecule has 1 unspecified atom stereocenters. The Morgan fingerprint density at radius 1 is 1.47 bits per heavy atom. The van der Waals surface area contributed by atoms with Crippen molar-refractivity contribution in [2.24, 2.45) is 0 Å². The third-order valence-electron chi connectivity index (χ3n) is 2.19. The molecular weight excluding hydrogens is 190 g/mol. The molecule has 0 aromatic carbocycles. The van der Waals surface area contributed by atoms with E-state index in [4.69, 9.17) is 4.42 Å². The zero-order chi connectivity index (χ0) is 10.5. The molecular formula is C11H13N3O. The number of aromatic nitrogens is 2. The minimum Gasteiger partial charge on any atom is -0.472 e. The van der Waals surface area contributed by atoms with Gasteiger partial charge in [-0.1, -0.05) is 6.92 Å². The van der Waals surface area contributed by atoms with Crippen molar-refractivity contribution in [1.29, 1.82) is 0 Å². The Kier molecular flexibility index (Phi) is 3.09. The van der Waals surface area contributed by atoms with Crippen molar-refractivity contribution in [3.8, 4) is 0 Å². The zero-order valence-corrected chi connectivity index (χ0v) is 8.55. The normalized spacial score (nSPS) is 12.6. The highest BCUT2D eigenvalue weighted by Crippen LogP contribution is 2.19. The van der Waals surface area contributed by atoms with Crippen molar-refractivity contribution in [2.75, 3.05) is 6.54 Å². The molecule has 0 aliphatic carbocycles. The fourth-order valence-corrected chi connectivity index (χ4v) is 1.51. The summed E-state index contributed by atoms with van der Waals surface area (Å²) in [5.74, 6) is 0. The first-order chi connectivity index (χ1) is 7.42. The standard InChI is InChI=1S/C11H13N3O/c1-2-13-11(9-4-6-15-7-9)10-3-5-12-8-14-10/h3-8,11,13H,2H2,1H3. The molecule has 0 saturated heterocycles. The predicted molar refractivity (Wildman–Crippen MR) is 56.3 cm³/mol. The summed E-state index contributed by atoms with van der Waals surface area (Å²) in [6, 6.07) is 3.92. The summed E-state index contributed by atoms with van der Waals surface area (Å²) in [6.45, 7) is 2.94. The maximum atomic E-state index is 5.08. The molecule has 0 radical (unpaired) electrons. The van der Waals surface area contributed by atoms with Gasteiger partial charge in [0.2, 0.25) is 0 Å². The molecule has 1 N–H and O–H groups in total. The molecule has 0 fully saturated rings. The van der Waals surface area contributed by atoms with Crippen LogP contribution in [0.25, 0.3) is 0 Å². The highest BCUT2D eigenvalue weighted by molar-refractivity contribution is 5.22. The van der Waals surface area contributed by atoms with Gasteiger partial charge in [0.1, 0.15) is 6.33 Å². The molecule has 4 heteroatoms. The maximum Gasteiger partial charge on any atom is 0.115 e. The van der Waals surface area contributed by atoms with Gasteiger partial charge in [-0.05, 0) is 18.7 Å². The van der Waals surface area contributed by atoms with E-state index in [1.54, 1.807) is 25.1 Å². The van der Waals surface area contributed by atoms with E-state index >= 15 is 0 Å². The molecule has 0 bridgehead atoms. The molecule has 15 heavy (non-hydrogen) atoms. The quantitative estimate of drug-likeness (QED) is 0.822. The SMILES string of the molecule is CCNC(c1ccoc1)c1ccncn1. The van der Waals surface area contributed by atoms with Crippen molar-refractivity contribution in [3.63, 3.8) is 0 Å². The van der Waals surface area contributed by atoms with Crippen LogP contribution in [0.3, 0.4) is 0 Å². The lowest BCUT2D eigenvalue weighted by Gasteiger charge is -2.14. The van der Waals surface area contributed by atoms with Gasteiger partial charge in [-0.3, -0.25) is 0 Å². The average Bonchev–Trinajstić information content (AvgIpc) is 2.80. The van der Waals surface area contributed by atoms with E-state index in [1.807, 2.05) is 12.1 Å². The molecule has 0 aliphatic heterocycles. The molecule has 1 atom stereocenters. The van der Waals surface area contributed by atoms with Crippen LogP contribution in [0.2, 0.25) is 0 Å². The topological polar surface area (TPSA) is 51.0 Å². The lowest BCUT2D eigenvalue weighted by molar-refractivity contribution is 0.550. The Bertz CT molecular complexity index is 385. The maximum absolute atomic E-state index is 5.08. The summed E-state index contributed by atoms with van der Waals surface area (Å²) < 4.78 is 5.08. The lowest BCUT2D eigenvalue weighted by Crippen LogP contribution is -2.22. The van der Waals surface area contributed by atoms with Gasteiger partial charge in [-0.2, -0.15) is 0 Å². The summed E-state index contributed by atoms with van der Waals surface area (Å²) >= 11 is 0. The van der Waals surface area contributed by atoms with Crippen LogP contribution in [0, 0.1) is 0 Å². The van der Waals surface area contributed by atoms with Crippen molar-refractivity contribution in [2.45, 2.75) is 13.0 Å². The lowest BCUT2D eigenvalue weighted by atomic mass is 10.1. The molecule has 78 valence electrons. The third kappa shape index (κ3) is 2.22. The second-order valence-corrected chi connectivity index (χ2v) is 3.18. The fraction of sp³-hybridized carbons (Fsp3) is 0.273. The molecule has 2 heterocycles. The van der Waals surface area contributed by atoms with E-state index < -0.39 is 0 Å². The Morgan fingerprint density at radius 3 is 3.00 bits per heavy atom. The van der Waals surface area contributed by atoms with E-state index in [1.165, 1.54) is 0 Å². The van der Waals surface area contributed by atoms with Gasteiger partial charge in [0.25, 0.3) is 0 Å². The van der Waals surface area contributed by atoms with Crippen molar-refractivity contribution in [1.82, 2.24) is 15.3 Å². The second kappa shape index (κ2) is 4.70. The fourth-order valence-electron chi connectivity index (χ4n) is 1.51.